The summed E-state index contributed by atoms with van der Waals surface area (Å²) in [6.45, 7) is 7.74. The minimum Gasteiger partial charge on any atom is -0.355 e. The number of likely N-dealkylation sites (N-methyl/N-ethyl adjacent to an activating group) is 1. The first-order valence-electron chi connectivity index (χ1n) is 5.94. The SMILES string of the molecule is CCNC(=O)CN1CCC2(CCNC2)C1. The first-order valence-corrected chi connectivity index (χ1v) is 5.94. The fourth-order valence-electron chi connectivity index (χ4n) is 2.76. The second-order valence-corrected chi connectivity index (χ2v) is 4.84. The minimum atomic E-state index is 0.167. The fourth-order valence-corrected chi connectivity index (χ4v) is 2.76. The van der Waals surface area contributed by atoms with E-state index < -0.39 is 0 Å². The van der Waals surface area contributed by atoms with Crippen molar-refractivity contribution in [3.8, 4) is 0 Å². The van der Waals surface area contributed by atoms with Crippen molar-refractivity contribution in [1.29, 1.82) is 0 Å². The number of rotatable bonds is 3. The van der Waals surface area contributed by atoms with Crippen molar-refractivity contribution in [2.75, 3.05) is 39.3 Å². The topological polar surface area (TPSA) is 44.4 Å². The molecule has 1 amide bonds. The van der Waals surface area contributed by atoms with Gasteiger partial charge in [0, 0.05) is 19.6 Å². The molecule has 0 saturated carbocycles. The van der Waals surface area contributed by atoms with Crippen LogP contribution in [0.1, 0.15) is 19.8 Å². The summed E-state index contributed by atoms with van der Waals surface area (Å²) in [5.41, 5.74) is 0.479. The molecule has 2 fully saturated rings. The molecule has 2 aliphatic heterocycles. The van der Waals surface area contributed by atoms with E-state index in [0.29, 0.717) is 12.0 Å². The first kappa shape index (κ1) is 10.9. The van der Waals surface area contributed by atoms with Gasteiger partial charge in [0.1, 0.15) is 0 Å². The Morgan fingerprint density at radius 2 is 2.40 bits per heavy atom. The van der Waals surface area contributed by atoms with Gasteiger partial charge in [0.25, 0.3) is 0 Å². The summed E-state index contributed by atoms with van der Waals surface area (Å²) in [6.07, 6.45) is 2.53. The summed E-state index contributed by atoms with van der Waals surface area (Å²) in [4.78, 5) is 13.7. The highest BCUT2D eigenvalue weighted by atomic mass is 16.2. The van der Waals surface area contributed by atoms with Gasteiger partial charge in [-0.05, 0) is 38.3 Å². The van der Waals surface area contributed by atoms with Crippen LogP contribution in [-0.4, -0.2) is 50.1 Å². The third-order valence-electron chi connectivity index (χ3n) is 3.59. The van der Waals surface area contributed by atoms with Crippen molar-refractivity contribution in [1.82, 2.24) is 15.5 Å². The minimum absolute atomic E-state index is 0.167. The maximum atomic E-state index is 11.4. The second kappa shape index (κ2) is 4.49. The first-order chi connectivity index (χ1) is 7.24. The molecule has 0 aliphatic carbocycles. The van der Waals surface area contributed by atoms with Crippen LogP contribution in [0, 0.1) is 5.41 Å². The number of nitrogens with one attached hydrogen (secondary N) is 2. The summed E-state index contributed by atoms with van der Waals surface area (Å²) in [7, 11) is 0. The van der Waals surface area contributed by atoms with Gasteiger partial charge in [-0.25, -0.2) is 0 Å². The molecule has 86 valence electrons. The molecule has 2 aliphatic rings. The Bertz CT molecular complexity index is 236. The Labute approximate surface area is 91.4 Å². The number of carbonyl (C=O) groups is 1. The Morgan fingerprint density at radius 3 is 3.07 bits per heavy atom. The third-order valence-corrected chi connectivity index (χ3v) is 3.59. The van der Waals surface area contributed by atoms with Crippen molar-refractivity contribution in [2.24, 2.45) is 5.41 Å². The molecule has 2 N–H and O–H groups in total. The summed E-state index contributed by atoms with van der Waals surface area (Å²) >= 11 is 0. The van der Waals surface area contributed by atoms with E-state index in [1.807, 2.05) is 6.92 Å². The molecule has 15 heavy (non-hydrogen) atoms. The highest BCUT2D eigenvalue weighted by Crippen LogP contribution is 2.35. The largest absolute Gasteiger partial charge is 0.355 e. The predicted octanol–water partition coefficient (Wildman–Crippen LogP) is -0.192. The normalized spacial score (nSPS) is 31.3. The summed E-state index contributed by atoms with van der Waals surface area (Å²) in [5.74, 6) is 0.167. The van der Waals surface area contributed by atoms with Crippen molar-refractivity contribution in [2.45, 2.75) is 19.8 Å². The van der Waals surface area contributed by atoms with Gasteiger partial charge in [0.15, 0.2) is 0 Å². The summed E-state index contributed by atoms with van der Waals surface area (Å²) in [6, 6.07) is 0. The highest BCUT2D eigenvalue weighted by Gasteiger charge is 2.40. The van der Waals surface area contributed by atoms with Gasteiger partial charge in [-0.15, -0.1) is 0 Å². The average molecular weight is 211 g/mol. The van der Waals surface area contributed by atoms with E-state index in [1.54, 1.807) is 0 Å². The third kappa shape index (κ3) is 2.49. The summed E-state index contributed by atoms with van der Waals surface area (Å²) < 4.78 is 0. The lowest BCUT2D eigenvalue weighted by Gasteiger charge is -2.22. The van der Waals surface area contributed by atoms with Crippen LogP contribution in [-0.2, 0) is 4.79 Å². The van der Waals surface area contributed by atoms with E-state index in [9.17, 15) is 4.79 Å². The average Bonchev–Trinajstić information content (AvgIpc) is 2.79. The van der Waals surface area contributed by atoms with Crippen LogP contribution in [0.2, 0.25) is 0 Å². The van der Waals surface area contributed by atoms with E-state index in [0.717, 1.165) is 32.7 Å². The van der Waals surface area contributed by atoms with E-state index in [2.05, 4.69) is 15.5 Å². The number of carbonyl (C=O) groups excluding carboxylic acids is 1. The molecule has 0 bridgehead atoms. The quantitative estimate of drug-likeness (QED) is 0.680. The van der Waals surface area contributed by atoms with Crippen molar-refractivity contribution < 1.29 is 4.79 Å². The molecule has 1 atom stereocenters. The van der Waals surface area contributed by atoms with Crippen LogP contribution in [0.15, 0.2) is 0 Å². The molecular formula is C11H21N3O. The van der Waals surface area contributed by atoms with Crippen LogP contribution < -0.4 is 10.6 Å². The zero-order chi connectivity index (χ0) is 10.7. The van der Waals surface area contributed by atoms with Crippen LogP contribution in [0.5, 0.6) is 0 Å². The van der Waals surface area contributed by atoms with Crippen LogP contribution in [0.25, 0.3) is 0 Å². The molecule has 1 spiro atoms. The molecule has 2 rings (SSSR count). The Hall–Kier alpha value is -0.610. The van der Waals surface area contributed by atoms with Crippen molar-refractivity contribution >= 4 is 5.91 Å². The standard InChI is InChI=1S/C11H21N3O/c1-2-13-10(15)7-14-6-4-11(9-14)3-5-12-8-11/h12H,2-9H2,1H3,(H,13,15). The second-order valence-electron chi connectivity index (χ2n) is 4.84. The molecule has 1 unspecified atom stereocenters. The Morgan fingerprint density at radius 1 is 1.53 bits per heavy atom. The number of likely N-dealkylation sites (tertiary alicyclic amines) is 1. The van der Waals surface area contributed by atoms with E-state index in [4.69, 9.17) is 0 Å². The van der Waals surface area contributed by atoms with Crippen LogP contribution in [0.4, 0.5) is 0 Å². The predicted molar refractivity (Wildman–Crippen MR) is 59.7 cm³/mol. The molecule has 0 aromatic heterocycles. The lowest BCUT2D eigenvalue weighted by atomic mass is 9.87. The molecule has 0 aromatic rings. The highest BCUT2D eigenvalue weighted by molar-refractivity contribution is 5.77. The van der Waals surface area contributed by atoms with Crippen molar-refractivity contribution in [3.63, 3.8) is 0 Å². The van der Waals surface area contributed by atoms with Gasteiger partial charge in [-0.3, -0.25) is 9.69 Å². The smallest absolute Gasteiger partial charge is 0.234 e. The van der Waals surface area contributed by atoms with Crippen LogP contribution >= 0.6 is 0 Å². The lowest BCUT2D eigenvalue weighted by Crippen LogP contribution is -2.37. The van der Waals surface area contributed by atoms with Crippen LogP contribution in [0.3, 0.4) is 0 Å². The maximum absolute atomic E-state index is 11.4. The van der Waals surface area contributed by atoms with Gasteiger partial charge in [-0.1, -0.05) is 0 Å². The monoisotopic (exact) mass is 211 g/mol. The molecule has 4 heteroatoms. The molecule has 2 saturated heterocycles. The molecular weight excluding hydrogens is 190 g/mol. The van der Waals surface area contributed by atoms with Gasteiger partial charge in [0.2, 0.25) is 5.91 Å². The van der Waals surface area contributed by atoms with Gasteiger partial charge >= 0.3 is 0 Å². The van der Waals surface area contributed by atoms with E-state index in [1.165, 1.54) is 12.8 Å². The number of hydrogen-bond donors (Lipinski definition) is 2. The molecule has 0 radical (unpaired) electrons. The zero-order valence-electron chi connectivity index (χ0n) is 9.51. The molecule has 4 nitrogen and oxygen atoms in total. The Kier molecular flexibility index (Phi) is 3.26. The summed E-state index contributed by atoms with van der Waals surface area (Å²) in [5, 5.41) is 6.28. The molecule has 2 heterocycles. The van der Waals surface area contributed by atoms with Gasteiger partial charge in [0.05, 0.1) is 6.54 Å². The maximum Gasteiger partial charge on any atom is 0.234 e. The number of amides is 1. The van der Waals surface area contributed by atoms with E-state index in [-0.39, 0.29) is 5.91 Å². The van der Waals surface area contributed by atoms with Crippen molar-refractivity contribution in [3.05, 3.63) is 0 Å². The molecule has 0 aromatic carbocycles. The van der Waals surface area contributed by atoms with Gasteiger partial charge < -0.3 is 10.6 Å². The number of hydrogen-bond acceptors (Lipinski definition) is 3. The zero-order valence-corrected chi connectivity index (χ0v) is 9.51. The van der Waals surface area contributed by atoms with E-state index >= 15 is 0 Å². The Balaban J connectivity index is 1.79. The van der Waals surface area contributed by atoms with Gasteiger partial charge in [-0.2, -0.15) is 0 Å². The number of nitrogens with zero attached hydrogens (tertiary/aromatic N) is 1. The fraction of sp³-hybridized carbons (Fsp3) is 0.909. The lowest BCUT2D eigenvalue weighted by molar-refractivity contribution is -0.121.